The average molecular weight is 261 g/mol. The maximum atomic E-state index is 4.55. The largest absolute Gasteiger partial charge is 0.360 e. The topological polar surface area (TPSA) is 28.2 Å². The third-order valence-corrected chi connectivity index (χ3v) is 3.26. The summed E-state index contributed by atoms with van der Waals surface area (Å²) in [6.07, 6.45) is 7.28. The van der Waals surface area contributed by atoms with E-state index in [1.807, 2.05) is 12.3 Å². The van der Waals surface area contributed by atoms with Gasteiger partial charge in [0.1, 0.15) is 5.82 Å². The lowest BCUT2D eigenvalue weighted by atomic mass is 10.1. The van der Waals surface area contributed by atoms with Crippen LogP contribution in [0.4, 0.5) is 5.82 Å². The first-order valence-electron chi connectivity index (χ1n) is 7.20. The van der Waals surface area contributed by atoms with Gasteiger partial charge in [-0.2, -0.15) is 0 Å². The SMILES string of the molecule is C=CCCCN(C)c1ccc(C(C)NCCC)cn1. The van der Waals surface area contributed by atoms with E-state index < -0.39 is 0 Å². The molecule has 0 fully saturated rings. The van der Waals surface area contributed by atoms with E-state index in [2.05, 4.69) is 54.8 Å². The van der Waals surface area contributed by atoms with Crippen molar-refractivity contribution in [2.45, 2.75) is 39.2 Å². The second-order valence-electron chi connectivity index (χ2n) is 4.98. The number of pyridine rings is 1. The minimum Gasteiger partial charge on any atom is -0.360 e. The Bertz CT molecular complexity index is 359. The first-order chi connectivity index (χ1) is 9.19. The van der Waals surface area contributed by atoms with E-state index in [0.29, 0.717) is 6.04 Å². The summed E-state index contributed by atoms with van der Waals surface area (Å²) in [4.78, 5) is 6.74. The van der Waals surface area contributed by atoms with Crippen LogP contribution >= 0.6 is 0 Å². The van der Waals surface area contributed by atoms with Crippen LogP contribution in [0.3, 0.4) is 0 Å². The van der Waals surface area contributed by atoms with Crippen LogP contribution in [0.2, 0.25) is 0 Å². The third kappa shape index (κ3) is 5.43. The summed E-state index contributed by atoms with van der Waals surface area (Å²) in [6, 6.07) is 4.64. The Morgan fingerprint density at radius 1 is 1.47 bits per heavy atom. The standard InChI is InChI=1S/C16H27N3/c1-5-7-8-12-19(4)16-10-9-15(13-18-16)14(3)17-11-6-2/h5,9-10,13-14,17H,1,6-8,11-12H2,2-4H3. The van der Waals surface area contributed by atoms with Crippen molar-refractivity contribution in [3.63, 3.8) is 0 Å². The van der Waals surface area contributed by atoms with Crippen LogP contribution in [0.1, 0.15) is 44.7 Å². The maximum Gasteiger partial charge on any atom is 0.128 e. The quantitative estimate of drug-likeness (QED) is 0.544. The summed E-state index contributed by atoms with van der Waals surface area (Å²) >= 11 is 0. The highest BCUT2D eigenvalue weighted by Crippen LogP contribution is 2.15. The van der Waals surface area contributed by atoms with Crippen molar-refractivity contribution in [2.24, 2.45) is 0 Å². The monoisotopic (exact) mass is 261 g/mol. The molecule has 1 atom stereocenters. The van der Waals surface area contributed by atoms with Gasteiger partial charge in [0.15, 0.2) is 0 Å². The zero-order valence-corrected chi connectivity index (χ0v) is 12.5. The molecule has 0 amide bonds. The zero-order chi connectivity index (χ0) is 14.1. The van der Waals surface area contributed by atoms with Gasteiger partial charge in [-0.25, -0.2) is 4.98 Å². The van der Waals surface area contributed by atoms with Gasteiger partial charge in [-0.3, -0.25) is 0 Å². The summed E-state index contributed by atoms with van der Waals surface area (Å²) in [7, 11) is 2.09. The van der Waals surface area contributed by atoms with Crippen molar-refractivity contribution in [2.75, 3.05) is 25.0 Å². The lowest BCUT2D eigenvalue weighted by Crippen LogP contribution is -2.21. The summed E-state index contributed by atoms with van der Waals surface area (Å²) in [5.74, 6) is 1.04. The van der Waals surface area contributed by atoms with E-state index in [4.69, 9.17) is 0 Å². The van der Waals surface area contributed by atoms with Crippen LogP contribution in [0.15, 0.2) is 31.0 Å². The molecule has 0 aliphatic carbocycles. The third-order valence-electron chi connectivity index (χ3n) is 3.26. The lowest BCUT2D eigenvalue weighted by Gasteiger charge is -2.19. The Morgan fingerprint density at radius 3 is 2.84 bits per heavy atom. The smallest absolute Gasteiger partial charge is 0.128 e. The number of allylic oxidation sites excluding steroid dienone is 1. The number of anilines is 1. The van der Waals surface area contributed by atoms with Crippen LogP contribution < -0.4 is 10.2 Å². The first kappa shape index (κ1) is 15.7. The van der Waals surface area contributed by atoms with Gasteiger partial charge in [-0.05, 0) is 44.4 Å². The van der Waals surface area contributed by atoms with Gasteiger partial charge in [-0.15, -0.1) is 6.58 Å². The number of unbranched alkanes of at least 4 members (excludes halogenated alkanes) is 1. The van der Waals surface area contributed by atoms with E-state index in [1.54, 1.807) is 0 Å². The molecule has 0 radical (unpaired) electrons. The fourth-order valence-corrected chi connectivity index (χ4v) is 1.95. The van der Waals surface area contributed by atoms with Gasteiger partial charge in [0.25, 0.3) is 0 Å². The molecule has 0 aromatic carbocycles. The Morgan fingerprint density at radius 2 is 2.26 bits per heavy atom. The van der Waals surface area contributed by atoms with E-state index in [-0.39, 0.29) is 0 Å². The molecular formula is C16H27N3. The molecule has 3 nitrogen and oxygen atoms in total. The van der Waals surface area contributed by atoms with E-state index in [0.717, 1.165) is 38.2 Å². The molecule has 0 aliphatic heterocycles. The van der Waals surface area contributed by atoms with Gasteiger partial charge < -0.3 is 10.2 Å². The summed E-state index contributed by atoms with van der Waals surface area (Å²) in [5.41, 5.74) is 1.25. The Kier molecular flexibility index (Phi) is 7.19. The summed E-state index contributed by atoms with van der Waals surface area (Å²) < 4.78 is 0. The molecule has 19 heavy (non-hydrogen) atoms. The molecule has 0 aliphatic rings. The van der Waals surface area contributed by atoms with E-state index in [9.17, 15) is 0 Å². The molecular weight excluding hydrogens is 234 g/mol. The fourth-order valence-electron chi connectivity index (χ4n) is 1.95. The number of nitrogens with zero attached hydrogens (tertiary/aromatic N) is 2. The van der Waals surface area contributed by atoms with E-state index >= 15 is 0 Å². The Labute approximate surface area is 117 Å². The molecule has 106 valence electrons. The minimum absolute atomic E-state index is 0.368. The van der Waals surface area contributed by atoms with Crippen molar-refractivity contribution in [3.05, 3.63) is 36.5 Å². The van der Waals surface area contributed by atoms with Crippen molar-refractivity contribution in [1.82, 2.24) is 10.3 Å². The fraction of sp³-hybridized carbons (Fsp3) is 0.562. The summed E-state index contributed by atoms with van der Waals surface area (Å²) in [5, 5.41) is 3.47. The molecule has 1 rings (SSSR count). The molecule has 1 heterocycles. The Balaban J connectivity index is 2.52. The highest BCUT2D eigenvalue weighted by atomic mass is 15.2. The van der Waals surface area contributed by atoms with Crippen LogP contribution in [0.5, 0.6) is 0 Å². The van der Waals surface area contributed by atoms with Crippen molar-refractivity contribution in [1.29, 1.82) is 0 Å². The Hall–Kier alpha value is -1.35. The molecule has 0 saturated carbocycles. The van der Waals surface area contributed by atoms with Crippen LogP contribution in [-0.2, 0) is 0 Å². The number of aromatic nitrogens is 1. The molecule has 3 heteroatoms. The van der Waals surface area contributed by atoms with Gasteiger partial charge in [-0.1, -0.05) is 19.1 Å². The second kappa shape index (κ2) is 8.70. The normalized spacial score (nSPS) is 12.2. The summed E-state index contributed by atoms with van der Waals surface area (Å²) in [6.45, 7) is 10.2. The van der Waals surface area contributed by atoms with Gasteiger partial charge in [0.2, 0.25) is 0 Å². The molecule has 1 aromatic rings. The van der Waals surface area contributed by atoms with Crippen molar-refractivity contribution >= 4 is 5.82 Å². The number of nitrogens with one attached hydrogen (secondary N) is 1. The first-order valence-corrected chi connectivity index (χ1v) is 7.20. The number of hydrogen-bond donors (Lipinski definition) is 1. The van der Waals surface area contributed by atoms with Gasteiger partial charge in [0, 0.05) is 25.8 Å². The van der Waals surface area contributed by atoms with Crippen LogP contribution in [0, 0.1) is 0 Å². The van der Waals surface area contributed by atoms with Crippen LogP contribution in [-0.4, -0.2) is 25.1 Å². The molecule has 1 aromatic heterocycles. The second-order valence-corrected chi connectivity index (χ2v) is 4.98. The predicted molar refractivity (Wildman–Crippen MR) is 83.6 cm³/mol. The highest BCUT2D eigenvalue weighted by molar-refractivity contribution is 5.38. The molecule has 0 bridgehead atoms. The maximum absolute atomic E-state index is 4.55. The minimum atomic E-state index is 0.368. The average Bonchev–Trinajstić information content (AvgIpc) is 2.45. The van der Waals surface area contributed by atoms with Gasteiger partial charge in [0.05, 0.1) is 0 Å². The predicted octanol–water partition coefficient (Wildman–Crippen LogP) is 3.54. The molecule has 1 unspecified atom stereocenters. The molecule has 0 saturated heterocycles. The van der Waals surface area contributed by atoms with E-state index in [1.165, 1.54) is 5.56 Å². The molecule has 0 spiro atoms. The van der Waals surface area contributed by atoms with Crippen molar-refractivity contribution < 1.29 is 0 Å². The number of rotatable bonds is 9. The number of hydrogen-bond acceptors (Lipinski definition) is 3. The van der Waals surface area contributed by atoms with Crippen LogP contribution in [0.25, 0.3) is 0 Å². The molecule has 1 N–H and O–H groups in total. The lowest BCUT2D eigenvalue weighted by molar-refractivity contribution is 0.569. The van der Waals surface area contributed by atoms with Crippen molar-refractivity contribution in [3.8, 4) is 0 Å². The highest BCUT2D eigenvalue weighted by Gasteiger charge is 2.06. The zero-order valence-electron chi connectivity index (χ0n) is 12.5. The van der Waals surface area contributed by atoms with Gasteiger partial charge >= 0.3 is 0 Å².